The van der Waals surface area contributed by atoms with Gasteiger partial charge < -0.3 is 5.32 Å². The fourth-order valence-electron chi connectivity index (χ4n) is 4.33. The van der Waals surface area contributed by atoms with Crippen molar-refractivity contribution in [1.82, 2.24) is 10.2 Å². The minimum atomic E-state index is 0.539. The molecular weight excluding hydrogens is 232 g/mol. The van der Waals surface area contributed by atoms with Gasteiger partial charge in [-0.1, -0.05) is 39.0 Å². The molecule has 0 radical (unpaired) electrons. The van der Waals surface area contributed by atoms with Crippen molar-refractivity contribution in [2.24, 2.45) is 5.92 Å². The van der Waals surface area contributed by atoms with Crippen LogP contribution in [0, 0.1) is 5.92 Å². The second-order valence-electron chi connectivity index (χ2n) is 7.26. The van der Waals surface area contributed by atoms with Gasteiger partial charge in [0, 0.05) is 24.7 Å². The highest BCUT2D eigenvalue weighted by Crippen LogP contribution is 2.40. The van der Waals surface area contributed by atoms with Crippen molar-refractivity contribution in [3.8, 4) is 0 Å². The van der Waals surface area contributed by atoms with Crippen molar-refractivity contribution in [3.63, 3.8) is 0 Å². The lowest BCUT2D eigenvalue weighted by molar-refractivity contribution is 0.00513. The Balaban J connectivity index is 1.62. The van der Waals surface area contributed by atoms with E-state index in [1.54, 1.807) is 0 Å². The van der Waals surface area contributed by atoms with Crippen LogP contribution in [0.3, 0.4) is 0 Å². The van der Waals surface area contributed by atoms with E-state index in [4.69, 9.17) is 0 Å². The van der Waals surface area contributed by atoms with Crippen LogP contribution in [0.25, 0.3) is 0 Å². The summed E-state index contributed by atoms with van der Waals surface area (Å²) in [5.41, 5.74) is 0.539. The Morgan fingerprint density at radius 2 is 1.89 bits per heavy atom. The molecule has 19 heavy (non-hydrogen) atoms. The van der Waals surface area contributed by atoms with E-state index in [0.29, 0.717) is 5.54 Å². The lowest BCUT2D eigenvalue weighted by Crippen LogP contribution is -2.65. The molecule has 1 unspecified atom stereocenters. The normalized spacial score (nSPS) is 31.7. The van der Waals surface area contributed by atoms with Crippen molar-refractivity contribution in [1.29, 1.82) is 0 Å². The summed E-state index contributed by atoms with van der Waals surface area (Å²) in [5, 5.41) is 3.92. The molecule has 0 bridgehead atoms. The van der Waals surface area contributed by atoms with Crippen LogP contribution in [0.2, 0.25) is 0 Å². The third-order valence-electron chi connectivity index (χ3n) is 5.79. The maximum Gasteiger partial charge on any atom is 0.0334 e. The molecule has 3 fully saturated rings. The highest BCUT2D eigenvalue weighted by molar-refractivity contribution is 5.03. The molecule has 3 aliphatic rings. The highest BCUT2D eigenvalue weighted by Gasteiger charge is 2.44. The third kappa shape index (κ3) is 3.16. The average Bonchev–Trinajstić information content (AvgIpc) is 3.27. The van der Waals surface area contributed by atoms with E-state index < -0.39 is 0 Å². The molecule has 1 spiro atoms. The van der Waals surface area contributed by atoms with E-state index in [1.165, 1.54) is 83.8 Å². The number of unbranched alkanes of at least 4 members (excludes halogenated alkanes) is 2. The van der Waals surface area contributed by atoms with E-state index in [0.717, 1.165) is 12.0 Å². The summed E-state index contributed by atoms with van der Waals surface area (Å²) in [4.78, 5) is 2.92. The molecule has 2 aliphatic carbocycles. The average molecular weight is 264 g/mol. The van der Waals surface area contributed by atoms with Crippen molar-refractivity contribution >= 4 is 0 Å². The summed E-state index contributed by atoms with van der Waals surface area (Å²) in [5.74, 6) is 1.01. The molecule has 0 aromatic heterocycles. The number of hydrogen-bond donors (Lipinski definition) is 1. The van der Waals surface area contributed by atoms with E-state index in [2.05, 4.69) is 17.1 Å². The van der Waals surface area contributed by atoms with Crippen LogP contribution >= 0.6 is 0 Å². The van der Waals surface area contributed by atoms with Crippen molar-refractivity contribution in [2.45, 2.75) is 82.7 Å². The van der Waals surface area contributed by atoms with Crippen LogP contribution in [0.5, 0.6) is 0 Å². The Hall–Kier alpha value is -0.0800. The van der Waals surface area contributed by atoms with Gasteiger partial charge in [0.1, 0.15) is 0 Å². The minimum absolute atomic E-state index is 0.539. The van der Waals surface area contributed by atoms with Gasteiger partial charge in [0.2, 0.25) is 0 Å². The first-order valence-corrected chi connectivity index (χ1v) is 8.82. The van der Waals surface area contributed by atoms with Crippen molar-refractivity contribution in [2.75, 3.05) is 19.6 Å². The second kappa shape index (κ2) is 6.13. The maximum atomic E-state index is 3.92. The minimum Gasteiger partial charge on any atom is -0.311 e. The molecule has 1 saturated heterocycles. The number of nitrogens with one attached hydrogen (secondary N) is 1. The number of nitrogens with zero attached hydrogens (tertiary/aromatic N) is 1. The predicted octanol–water partition coefficient (Wildman–Crippen LogP) is 3.56. The van der Waals surface area contributed by atoms with Gasteiger partial charge in [-0.25, -0.2) is 0 Å². The monoisotopic (exact) mass is 264 g/mol. The van der Waals surface area contributed by atoms with E-state index >= 15 is 0 Å². The molecule has 0 aromatic rings. The smallest absolute Gasteiger partial charge is 0.0334 e. The lowest BCUT2D eigenvalue weighted by atomic mass is 9.78. The Kier molecular flexibility index (Phi) is 4.48. The SMILES string of the molecule is CCCCCN1CC(C2CC2)NCC12CCCCC2. The van der Waals surface area contributed by atoms with Gasteiger partial charge in [-0.2, -0.15) is 0 Å². The molecule has 1 heterocycles. The number of piperazine rings is 1. The molecular formula is C17H32N2. The van der Waals surface area contributed by atoms with Gasteiger partial charge in [0.15, 0.2) is 0 Å². The van der Waals surface area contributed by atoms with Crippen LogP contribution in [0.15, 0.2) is 0 Å². The molecule has 1 atom stereocenters. The van der Waals surface area contributed by atoms with Crippen molar-refractivity contribution in [3.05, 3.63) is 0 Å². The summed E-state index contributed by atoms with van der Waals surface area (Å²) in [6.07, 6.45) is 14.4. The van der Waals surface area contributed by atoms with Crippen molar-refractivity contribution < 1.29 is 0 Å². The standard InChI is InChI=1S/C17H32N2/c1-2-3-7-12-19-13-16(15-8-9-15)18-14-17(19)10-5-4-6-11-17/h15-16,18H,2-14H2,1H3. The fraction of sp³-hybridized carbons (Fsp3) is 1.00. The Morgan fingerprint density at radius 3 is 2.58 bits per heavy atom. The largest absolute Gasteiger partial charge is 0.311 e. The van der Waals surface area contributed by atoms with Gasteiger partial charge in [-0.3, -0.25) is 4.90 Å². The second-order valence-corrected chi connectivity index (χ2v) is 7.26. The maximum absolute atomic E-state index is 3.92. The van der Waals surface area contributed by atoms with E-state index in [9.17, 15) is 0 Å². The molecule has 1 aliphatic heterocycles. The van der Waals surface area contributed by atoms with Crippen LogP contribution in [0.1, 0.15) is 71.1 Å². The first kappa shape index (κ1) is 13.9. The zero-order chi connectivity index (χ0) is 13.1. The molecule has 2 saturated carbocycles. The summed E-state index contributed by atoms with van der Waals surface area (Å²) in [7, 11) is 0. The summed E-state index contributed by atoms with van der Waals surface area (Å²) in [6, 6.07) is 0.814. The lowest BCUT2D eigenvalue weighted by Gasteiger charge is -2.52. The molecule has 2 nitrogen and oxygen atoms in total. The highest BCUT2D eigenvalue weighted by atomic mass is 15.3. The molecule has 1 N–H and O–H groups in total. The topological polar surface area (TPSA) is 15.3 Å². The van der Waals surface area contributed by atoms with E-state index in [1.807, 2.05) is 0 Å². The van der Waals surface area contributed by atoms with Gasteiger partial charge in [-0.15, -0.1) is 0 Å². The van der Waals surface area contributed by atoms with Crippen LogP contribution in [-0.4, -0.2) is 36.1 Å². The molecule has 110 valence electrons. The Morgan fingerprint density at radius 1 is 1.11 bits per heavy atom. The van der Waals surface area contributed by atoms with Crippen LogP contribution in [-0.2, 0) is 0 Å². The van der Waals surface area contributed by atoms with E-state index in [-0.39, 0.29) is 0 Å². The zero-order valence-electron chi connectivity index (χ0n) is 12.8. The molecule has 0 amide bonds. The van der Waals surface area contributed by atoms with Crippen LogP contribution in [0.4, 0.5) is 0 Å². The Labute approximate surface area is 119 Å². The van der Waals surface area contributed by atoms with Gasteiger partial charge in [-0.05, 0) is 44.6 Å². The number of hydrogen-bond acceptors (Lipinski definition) is 2. The van der Waals surface area contributed by atoms with Gasteiger partial charge in [0.25, 0.3) is 0 Å². The number of rotatable bonds is 5. The summed E-state index contributed by atoms with van der Waals surface area (Å²) < 4.78 is 0. The molecule has 2 heteroatoms. The zero-order valence-corrected chi connectivity index (χ0v) is 12.8. The quantitative estimate of drug-likeness (QED) is 0.764. The fourth-order valence-corrected chi connectivity index (χ4v) is 4.33. The molecule has 3 rings (SSSR count). The molecule has 0 aromatic carbocycles. The summed E-state index contributed by atoms with van der Waals surface area (Å²) >= 11 is 0. The van der Waals surface area contributed by atoms with Crippen LogP contribution < -0.4 is 5.32 Å². The first-order chi connectivity index (χ1) is 9.34. The Bertz CT molecular complexity index is 279. The third-order valence-corrected chi connectivity index (χ3v) is 5.79. The summed E-state index contributed by atoms with van der Waals surface area (Å²) in [6.45, 7) is 6.30. The first-order valence-electron chi connectivity index (χ1n) is 8.82. The predicted molar refractivity (Wildman–Crippen MR) is 81.4 cm³/mol. The van der Waals surface area contributed by atoms with Gasteiger partial charge >= 0.3 is 0 Å². The van der Waals surface area contributed by atoms with Gasteiger partial charge in [0.05, 0.1) is 0 Å².